The van der Waals surface area contributed by atoms with Crippen molar-refractivity contribution in [3.63, 3.8) is 0 Å². The molecule has 0 amide bonds. The predicted molar refractivity (Wildman–Crippen MR) is 85.2 cm³/mol. The van der Waals surface area contributed by atoms with E-state index in [1.54, 1.807) is 18.2 Å². The number of thiazole rings is 1. The van der Waals surface area contributed by atoms with Gasteiger partial charge in [-0.15, -0.1) is 0 Å². The van der Waals surface area contributed by atoms with Gasteiger partial charge in [-0.05, 0) is 17.7 Å². The molecule has 1 aromatic carbocycles. The average Bonchev–Trinajstić information content (AvgIpc) is 3.04. The first-order valence-electron chi connectivity index (χ1n) is 7.05. The first kappa shape index (κ1) is 17.2. The highest BCUT2D eigenvalue weighted by atomic mass is 32.1. The summed E-state index contributed by atoms with van der Waals surface area (Å²) in [5.41, 5.74) is 0.732. The molecule has 0 unspecified atom stereocenters. The Balaban J connectivity index is 1.58. The molecule has 4 nitrogen and oxygen atoms in total. The van der Waals surface area contributed by atoms with E-state index >= 15 is 0 Å². The number of anilines is 1. The number of benzene rings is 1. The Morgan fingerprint density at radius 2 is 1.92 bits per heavy atom. The zero-order valence-corrected chi connectivity index (χ0v) is 13.4. The second kappa shape index (κ2) is 7.06. The van der Waals surface area contributed by atoms with Crippen LogP contribution in [0.1, 0.15) is 10.4 Å². The lowest BCUT2D eigenvalue weighted by Crippen LogP contribution is -2.01. The highest BCUT2D eigenvalue weighted by Gasteiger charge is 2.33. The fraction of sp³-hybridized carbons (Fsp3) is 0.125. The maximum Gasteiger partial charge on any atom is 0.427 e. The van der Waals surface area contributed by atoms with Crippen molar-refractivity contribution in [2.24, 2.45) is 0 Å². The van der Waals surface area contributed by atoms with Gasteiger partial charge in [-0.3, -0.25) is 0 Å². The molecule has 0 saturated heterocycles. The Labute approximate surface area is 144 Å². The van der Waals surface area contributed by atoms with Crippen LogP contribution in [0.2, 0.25) is 0 Å². The largest absolute Gasteiger partial charge is 0.439 e. The first-order valence-corrected chi connectivity index (χ1v) is 7.87. The lowest BCUT2D eigenvalue weighted by atomic mass is 10.3. The number of pyridine rings is 1. The molecule has 0 fully saturated rings. The van der Waals surface area contributed by atoms with Gasteiger partial charge in [0.05, 0.1) is 6.20 Å². The third kappa shape index (κ3) is 4.66. The van der Waals surface area contributed by atoms with Gasteiger partial charge < -0.3 is 10.1 Å². The first-order chi connectivity index (χ1) is 11.9. The van der Waals surface area contributed by atoms with E-state index in [0.29, 0.717) is 17.1 Å². The van der Waals surface area contributed by atoms with E-state index in [1.807, 2.05) is 0 Å². The number of alkyl halides is 3. The summed E-state index contributed by atoms with van der Waals surface area (Å²) in [7, 11) is 0. The predicted octanol–water partition coefficient (Wildman–Crippen LogP) is 5.10. The standard InChI is InChI=1S/C16H11F4N3OS/c17-11-2-1-3-12(6-11)24-14-5-4-10(7-21-14)8-22-15-23-9-13(25-15)16(18,19)20/h1-7,9H,8H2,(H,22,23). The van der Waals surface area contributed by atoms with Crippen molar-refractivity contribution in [2.75, 3.05) is 5.32 Å². The van der Waals surface area contributed by atoms with Crippen LogP contribution >= 0.6 is 11.3 Å². The van der Waals surface area contributed by atoms with Gasteiger partial charge in [0, 0.05) is 24.9 Å². The van der Waals surface area contributed by atoms with Gasteiger partial charge >= 0.3 is 6.18 Å². The fourth-order valence-corrected chi connectivity index (χ4v) is 2.57. The van der Waals surface area contributed by atoms with E-state index in [1.165, 1.54) is 24.4 Å². The molecule has 0 radical (unpaired) electrons. The molecule has 2 heterocycles. The Hall–Kier alpha value is -2.68. The van der Waals surface area contributed by atoms with Gasteiger partial charge in [-0.1, -0.05) is 23.5 Å². The molecule has 0 spiro atoms. The van der Waals surface area contributed by atoms with Crippen LogP contribution in [-0.2, 0) is 12.7 Å². The Kier molecular flexibility index (Phi) is 4.84. The zero-order valence-electron chi connectivity index (χ0n) is 12.5. The summed E-state index contributed by atoms with van der Waals surface area (Å²) >= 11 is 0.538. The lowest BCUT2D eigenvalue weighted by molar-refractivity contribution is -0.134. The fourth-order valence-electron chi connectivity index (χ4n) is 1.89. The van der Waals surface area contributed by atoms with Gasteiger partial charge in [-0.25, -0.2) is 14.4 Å². The lowest BCUT2D eigenvalue weighted by Gasteiger charge is -2.06. The average molecular weight is 369 g/mol. The highest BCUT2D eigenvalue weighted by molar-refractivity contribution is 7.15. The normalized spacial score (nSPS) is 11.4. The van der Waals surface area contributed by atoms with Gasteiger partial charge in [0.1, 0.15) is 16.4 Å². The topological polar surface area (TPSA) is 47.0 Å². The van der Waals surface area contributed by atoms with Crippen LogP contribution in [0.4, 0.5) is 22.7 Å². The van der Waals surface area contributed by atoms with Gasteiger partial charge in [0.2, 0.25) is 5.88 Å². The Morgan fingerprint density at radius 1 is 1.08 bits per heavy atom. The van der Waals surface area contributed by atoms with Crippen LogP contribution < -0.4 is 10.1 Å². The molecule has 0 saturated carbocycles. The Bertz CT molecular complexity index is 849. The Morgan fingerprint density at radius 3 is 2.56 bits per heavy atom. The molecule has 9 heteroatoms. The van der Waals surface area contributed by atoms with E-state index in [-0.39, 0.29) is 17.6 Å². The number of hydrogen-bond acceptors (Lipinski definition) is 5. The summed E-state index contributed by atoms with van der Waals surface area (Å²) in [6.45, 7) is 0.262. The number of halogens is 4. The molecule has 25 heavy (non-hydrogen) atoms. The quantitative estimate of drug-likeness (QED) is 0.636. The van der Waals surface area contributed by atoms with E-state index in [0.717, 1.165) is 11.8 Å². The number of nitrogens with zero attached hydrogens (tertiary/aromatic N) is 2. The summed E-state index contributed by atoms with van der Waals surface area (Å²) in [5.74, 6) is 0.184. The van der Waals surface area contributed by atoms with Crippen LogP contribution in [0.25, 0.3) is 0 Å². The third-order valence-corrected chi connectivity index (χ3v) is 4.04. The van der Waals surface area contributed by atoms with Crippen molar-refractivity contribution in [3.05, 3.63) is 65.0 Å². The van der Waals surface area contributed by atoms with Crippen LogP contribution in [0.5, 0.6) is 11.6 Å². The van der Waals surface area contributed by atoms with Crippen molar-refractivity contribution in [1.29, 1.82) is 0 Å². The molecule has 3 rings (SSSR count). The van der Waals surface area contributed by atoms with Crippen molar-refractivity contribution in [2.45, 2.75) is 12.7 Å². The molecule has 0 aliphatic rings. The van der Waals surface area contributed by atoms with E-state index < -0.39 is 16.9 Å². The minimum atomic E-state index is -4.39. The summed E-state index contributed by atoms with van der Waals surface area (Å²) in [4.78, 5) is 7.01. The van der Waals surface area contributed by atoms with Crippen LogP contribution in [0, 0.1) is 5.82 Å². The van der Waals surface area contributed by atoms with E-state index in [9.17, 15) is 17.6 Å². The number of nitrogens with one attached hydrogen (secondary N) is 1. The second-order valence-electron chi connectivity index (χ2n) is 4.95. The minimum Gasteiger partial charge on any atom is -0.439 e. The third-order valence-electron chi connectivity index (χ3n) is 3.04. The molecule has 130 valence electrons. The zero-order chi connectivity index (χ0) is 17.9. The second-order valence-corrected chi connectivity index (χ2v) is 5.98. The molecular weight excluding hydrogens is 358 g/mol. The summed E-state index contributed by atoms with van der Waals surface area (Å²) in [6, 6.07) is 8.95. The highest BCUT2D eigenvalue weighted by Crippen LogP contribution is 2.35. The molecule has 2 aromatic heterocycles. The molecule has 0 aliphatic carbocycles. The smallest absolute Gasteiger partial charge is 0.427 e. The van der Waals surface area contributed by atoms with Crippen LogP contribution in [-0.4, -0.2) is 9.97 Å². The van der Waals surface area contributed by atoms with Crippen molar-refractivity contribution < 1.29 is 22.3 Å². The molecule has 3 aromatic rings. The molecule has 0 atom stereocenters. The van der Waals surface area contributed by atoms with Crippen LogP contribution in [0.3, 0.4) is 0 Å². The summed E-state index contributed by atoms with van der Waals surface area (Å²) < 4.78 is 56.0. The molecule has 0 bridgehead atoms. The van der Waals surface area contributed by atoms with E-state index in [4.69, 9.17) is 4.74 Å². The number of aromatic nitrogens is 2. The van der Waals surface area contributed by atoms with Gasteiger partial charge in [0.25, 0.3) is 0 Å². The summed E-state index contributed by atoms with van der Waals surface area (Å²) in [5, 5.41) is 2.98. The number of hydrogen-bond donors (Lipinski definition) is 1. The van der Waals surface area contributed by atoms with Gasteiger partial charge in [0.15, 0.2) is 5.13 Å². The van der Waals surface area contributed by atoms with E-state index in [2.05, 4.69) is 15.3 Å². The summed E-state index contributed by atoms with van der Waals surface area (Å²) in [6.07, 6.45) is -2.09. The number of rotatable bonds is 5. The monoisotopic (exact) mass is 369 g/mol. The number of ether oxygens (including phenoxy) is 1. The molecule has 1 N–H and O–H groups in total. The van der Waals surface area contributed by atoms with Crippen LogP contribution in [0.15, 0.2) is 48.8 Å². The molecule has 0 aliphatic heterocycles. The molecular formula is C16H11F4N3OS. The van der Waals surface area contributed by atoms with Crippen molar-refractivity contribution in [1.82, 2.24) is 9.97 Å². The minimum absolute atomic E-state index is 0.174. The maximum absolute atomic E-state index is 13.1. The van der Waals surface area contributed by atoms with Crippen molar-refractivity contribution >= 4 is 16.5 Å². The van der Waals surface area contributed by atoms with Gasteiger partial charge in [-0.2, -0.15) is 13.2 Å². The van der Waals surface area contributed by atoms with Crippen molar-refractivity contribution in [3.8, 4) is 11.6 Å². The maximum atomic E-state index is 13.1. The SMILES string of the molecule is Fc1cccc(Oc2ccc(CNc3ncc(C(F)(F)F)s3)cn2)c1.